The minimum atomic E-state index is -3.95. The summed E-state index contributed by atoms with van der Waals surface area (Å²) >= 11 is 0. The van der Waals surface area contributed by atoms with Crippen LogP contribution in [-0.4, -0.2) is 46.1 Å². The topological polar surface area (TPSA) is 111 Å². The van der Waals surface area contributed by atoms with E-state index in [-0.39, 0.29) is 17.2 Å². The highest BCUT2D eigenvalue weighted by Crippen LogP contribution is 2.17. The van der Waals surface area contributed by atoms with Crippen molar-refractivity contribution in [2.75, 3.05) is 13.7 Å². The molecular weight excluding hydrogens is 372 g/mol. The Kier molecular flexibility index (Phi) is 8.71. The second kappa shape index (κ2) is 10.3. The number of benzene rings is 1. The SMILES string of the molecule is CCNC(=O)[C@@H](C)OC(=O)[C@@H](CC(C)C)NS(=O)(=O)c1ccc(OC)cc1. The Bertz CT molecular complexity index is 731. The molecule has 0 saturated heterocycles. The standard InChI is InChI=1S/C18H28N2O6S/c1-6-19-17(21)13(4)26-18(22)16(11-12(2)3)20-27(23,24)15-9-7-14(25-5)8-10-15/h7-10,12-13,16,20H,6,11H2,1-5H3,(H,19,21)/t13-,16-/m1/s1. The van der Waals surface area contributed by atoms with Crippen LogP contribution in [0.1, 0.15) is 34.1 Å². The first-order chi connectivity index (χ1) is 12.6. The molecule has 1 aromatic rings. The lowest BCUT2D eigenvalue weighted by Crippen LogP contribution is -2.45. The monoisotopic (exact) mass is 400 g/mol. The lowest BCUT2D eigenvalue weighted by atomic mass is 10.0. The third kappa shape index (κ3) is 7.18. The molecule has 0 heterocycles. The lowest BCUT2D eigenvalue weighted by molar-refractivity contribution is -0.156. The fraction of sp³-hybridized carbons (Fsp3) is 0.556. The Morgan fingerprint density at radius 1 is 1.11 bits per heavy atom. The van der Waals surface area contributed by atoms with Gasteiger partial charge in [0.25, 0.3) is 5.91 Å². The highest BCUT2D eigenvalue weighted by Gasteiger charge is 2.30. The highest BCUT2D eigenvalue weighted by atomic mass is 32.2. The van der Waals surface area contributed by atoms with Gasteiger partial charge in [0.1, 0.15) is 11.8 Å². The molecule has 9 heteroatoms. The van der Waals surface area contributed by atoms with Crippen molar-refractivity contribution in [1.82, 2.24) is 10.0 Å². The maximum Gasteiger partial charge on any atom is 0.324 e. The van der Waals surface area contributed by atoms with Crippen LogP contribution in [0.4, 0.5) is 0 Å². The molecule has 1 aromatic carbocycles. The number of ether oxygens (including phenoxy) is 2. The van der Waals surface area contributed by atoms with Gasteiger partial charge < -0.3 is 14.8 Å². The minimum Gasteiger partial charge on any atom is -0.497 e. The molecule has 2 atom stereocenters. The summed E-state index contributed by atoms with van der Waals surface area (Å²) in [5, 5.41) is 2.55. The van der Waals surface area contributed by atoms with Gasteiger partial charge in [0.15, 0.2) is 6.10 Å². The summed E-state index contributed by atoms with van der Waals surface area (Å²) in [6.45, 7) is 7.30. The summed E-state index contributed by atoms with van der Waals surface area (Å²) in [6.07, 6.45) is -0.784. The fourth-order valence-electron chi connectivity index (χ4n) is 2.30. The number of hydrogen-bond donors (Lipinski definition) is 2. The number of esters is 1. The Morgan fingerprint density at radius 2 is 1.70 bits per heavy atom. The molecule has 0 radical (unpaired) electrons. The maximum absolute atomic E-state index is 12.6. The number of amides is 1. The van der Waals surface area contributed by atoms with Crippen molar-refractivity contribution in [3.8, 4) is 5.75 Å². The van der Waals surface area contributed by atoms with E-state index in [0.717, 1.165) is 0 Å². The Balaban J connectivity index is 2.94. The molecule has 0 aliphatic carbocycles. The van der Waals surface area contributed by atoms with Crippen molar-refractivity contribution in [3.63, 3.8) is 0 Å². The number of hydrogen-bond acceptors (Lipinski definition) is 6. The number of carbonyl (C=O) groups excluding carboxylic acids is 2. The average molecular weight is 400 g/mol. The molecule has 27 heavy (non-hydrogen) atoms. The predicted octanol–water partition coefficient (Wildman–Crippen LogP) is 1.46. The maximum atomic E-state index is 12.6. The predicted molar refractivity (Wildman–Crippen MR) is 101 cm³/mol. The molecule has 0 aromatic heterocycles. The van der Waals surface area contributed by atoms with Crippen LogP contribution in [0.2, 0.25) is 0 Å². The van der Waals surface area contributed by atoms with Crippen molar-refractivity contribution < 1.29 is 27.5 Å². The molecule has 8 nitrogen and oxygen atoms in total. The number of likely N-dealkylation sites (N-methyl/N-ethyl adjacent to an activating group) is 1. The summed E-state index contributed by atoms with van der Waals surface area (Å²) in [5.41, 5.74) is 0. The lowest BCUT2D eigenvalue weighted by Gasteiger charge is -2.21. The summed E-state index contributed by atoms with van der Waals surface area (Å²) < 4.78 is 37.8. The van der Waals surface area contributed by atoms with Crippen LogP contribution in [0.3, 0.4) is 0 Å². The smallest absolute Gasteiger partial charge is 0.324 e. The van der Waals surface area contributed by atoms with Crippen molar-refractivity contribution in [1.29, 1.82) is 0 Å². The van der Waals surface area contributed by atoms with E-state index in [1.165, 1.54) is 38.3 Å². The fourth-order valence-corrected chi connectivity index (χ4v) is 3.50. The molecule has 1 amide bonds. The van der Waals surface area contributed by atoms with E-state index >= 15 is 0 Å². The molecule has 2 N–H and O–H groups in total. The van der Waals surface area contributed by atoms with E-state index in [1.807, 2.05) is 13.8 Å². The van der Waals surface area contributed by atoms with E-state index in [1.54, 1.807) is 6.92 Å². The van der Waals surface area contributed by atoms with Crippen molar-refractivity contribution in [2.24, 2.45) is 5.92 Å². The highest BCUT2D eigenvalue weighted by molar-refractivity contribution is 7.89. The summed E-state index contributed by atoms with van der Waals surface area (Å²) in [4.78, 5) is 24.2. The van der Waals surface area contributed by atoms with Crippen molar-refractivity contribution >= 4 is 21.9 Å². The zero-order valence-electron chi connectivity index (χ0n) is 16.3. The van der Waals surface area contributed by atoms with E-state index in [9.17, 15) is 18.0 Å². The number of rotatable bonds is 10. The van der Waals surface area contributed by atoms with Gasteiger partial charge in [-0.15, -0.1) is 0 Å². The van der Waals surface area contributed by atoms with Gasteiger partial charge in [0.2, 0.25) is 10.0 Å². The van der Waals surface area contributed by atoms with E-state index in [2.05, 4.69) is 10.0 Å². The largest absolute Gasteiger partial charge is 0.497 e. The second-order valence-corrected chi connectivity index (χ2v) is 8.17. The van der Waals surface area contributed by atoms with Gasteiger partial charge in [-0.1, -0.05) is 13.8 Å². The van der Waals surface area contributed by atoms with Gasteiger partial charge >= 0.3 is 5.97 Å². The van der Waals surface area contributed by atoms with Gasteiger partial charge in [-0.25, -0.2) is 8.42 Å². The first-order valence-corrected chi connectivity index (χ1v) is 10.2. The summed E-state index contributed by atoms with van der Waals surface area (Å²) in [7, 11) is -2.47. The first-order valence-electron chi connectivity index (χ1n) is 8.75. The van der Waals surface area contributed by atoms with Gasteiger partial charge in [-0.2, -0.15) is 4.72 Å². The van der Waals surface area contributed by atoms with Crippen LogP contribution in [0.15, 0.2) is 29.2 Å². The van der Waals surface area contributed by atoms with Gasteiger partial charge in [-0.3, -0.25) is 9.59 Å². The zero-order chi connectivity index (χ0) is 20.6. The zero-order valence-corrected chi connectivity index (χ0v) is 17.1. The molecule has 0 aliphatic rings. The van der Waals surface area contributed by atoms with Crippen LogP contribution in [-0.2, 0) is 24.3 Å². The number of sulfonamides is 1. The second-order valence-electron chi connectivity index (χ2n) is 6.45. The Hall–Kier alpha value is -2.13. The van der Waals surface area contributed by atoms with Gasteiger partial charge in [0.05, 0.1) is 12.0 Å². The van der Waals surface area contributed by atoms with Crippen molar-refractivity contribution in [3.05, 3.63) is 24.3 Å². The molecule has 0 saturated carbocycles. The molecule has 152 valence electrons. The number of carbonyl (C=O) groups is 2. The quantitative estimate of drug-likeness (QED) is 0.575. The normalized spacial score (nSPS) is 13.7. The molecule has 0 spiro atoms. The van der Waals surface area contributed by atoms with E-state index in [0.29, 0.717) is 12.3 Å². The summed E-state index contributed by atoms with van der Waals surface area (Å²) in [6, 6.07) is 4.70. The first kappa shape index (κ1) is 22.9. The third-order valence-corrected chi connectivity index (χ3v) is 5.16. The Labute approximate surface area is 160 Å². The van der Waals surface area contributed by atoms with Gasteiger partial charge in [0, 0.05) is 6.54 Å². The minimum absolute atomic E-state index is 0.00151. The number of methoxy groups -OCH3 is 1. The third-order valence-electron chi connectivity index (χ3n) is 3.67. The molecule has 0 unspecified atom stereocenters. The van der Waals surface area contributed by atoms with Crippen LogP contribution in [0, 0.1) is 5.92 Å². The van der Waals surface area contributed by atoms with Crippen molar-refractivity contribution in [2.45, 2.75) is 51.2 Å². The summed E-state index contributed by atoms with van der Waals surface area (Å²) in [5.74, 6) is -0.685. The number of nitrogens with one attached hydrogen (secondary N) is 2. The van der Waals surface area contributed by atoms with Crippen LogP contribution in [0.25, 0.3) is 0 Å². The Morgan fingerprint density at radius 3 is 2.19 bits per heavy atom. The van der Waals surface area contributed by atoms with Crippen LogP contribution < -0.4 is 14.8 Å². The van der Waals surface area contributed by atoms with Crippen LogP contribution >= 0.6 is 0 Å². The van der Waals surface area contributed by atoms with Crippen LogP contribution in [0.5, 0.6) is 5.75 Å². The molecule has 0 fully saturated rings. The molecule has 1 rings (SSSR count). The van der Waals surface area contributed by atoms with E-state index < -0.39 is 34.0 Å². The molecule has 0 aliphatic heterocycles. The average Bonchev–Trinajstić information content (AvgIpc) is 2.60. The molecular formula is C18H28N2O6S. The molecule has 0 bridgehead atoms. The van der Waals surface area contributed by atoms with E-state index in [4.69, 9.17) is 9.47 Å². The van der Waals surface area contributed by atoms with Gasteiger partial charge in [-0.05, 0) is 50.5 Å².